The molecule has 1 saturated heterocycles. The number of nitrogens with one attached hydrogen (secondary N) is 2. The van der Waals surface area contributed by atoms with Crippen molar-refractivity contribution in [3.63, 3.8) is 0 Å². The van der Waals surface area contributed by atoms with Gasteiger partial charge in [-0.25, -0.2) is 8.78 Å². The van der Waals surface area contributed by atoms with Crippen molar-refractivity contribution in [3.8, 4) is 5.75 Å². The van der Waals surface area contributed by atoms with Gasteiger partial charge in [0.05, 0.1) is 6.54 Å². The highest BCUT2D eigenvalue weighted by Gasteiger charge is 2.17. The molecule has 0 spiro atoms. The minimum atomic E-state index is -0.695. The molecule has 1 atom stereocenters. The van der Waals surface area contributed by atoms with Gasteiger partial charge >= 0.3 is 0 Å². The number of guanidine groups is 1. The maximum absolute atomic E-state index is 13.4. The first-order valence-electron chi connectivity index (χ1n) is 8.29. The first kappa shape index (κ1) is 21.9. The van der Waals surface area contributed by atoms with Crippen LogP contribution in [0.5, 0.6) is 5.75 Å². The molecule has 0 radical (unpaired) electrons. The Balaban J connectivity index is 0.00000312. The Bertz CT molecular complexity index is 559. The fourth-order valence-corrected chi connectivity index (χ4v) is 2.82. The summed E-state index contributed by atoms with van der Waals surface area (Å²) in [6.07, 6.45) is 2.45. The number of aliphatic imine (C=N–C) groups is 1. The fraction of sp³-hybridized carbons (Fsp3) is 0.588. The van der Waals surface area contributed by atoms with Gasteiger partial charge in [0.1, 0.15) is 12.4 Å². The molecule has 0 amide bonds. The van der Waals surface area contributed by atoms with Crippen LogP contribution < -0.4 is 15.4 Å². The summed E-state index contributed by atoms with van der Waals surface area (Å²) in [5, 5.41) is 6.44. The summed E-state index contributed by atoms with van der Waals surface area (Å²) in [5.74, 6) is 0.0551. The Hall–Kier alpha value is -1.16. The molecule has 1 aliphatic rings. The van der Waals surface area contributed by atoms with Gasteiger partial charge in [0, 0.05) is 26.2 Å². The van der Waals surface area contributed by atoms with Crippen LogP contribution in [0.15, 0.2) is 23.2 Å². The van der Waals surface area contributed by atoms with Gasteiger partial charge in [-0.2, -0.15) is 0 Å². The van der Waals surface area contributed by atoms with Crippen molar-refractivity contribution in [1.29, 1.82) is 0 Å². The van der Waals surface area contributed by atoms with Crippen LogP contribution >= 0.6 is 24.0 Å². The molecule has 0 bridgehead atoms. The van der Waals surface area contributed by atoms with Crippen LogP contribution in [-0.4, -0.2) is 57.7 Å². The minimum absolute atomic E-state index is 0. The number of nitrogens with zero attached hydrogens (tertiary/aromatic N) is 2. The Morgan fingerprint density at radius 1 is 1.36 bits per heavy atom. The summed E-state index contributed by atoms with van der Waals surface area (Å²) in [4.78, 5) is 6.51. The largest absolute Gasteiger partial charge is 0.489 e. The first-order valence-corrected chi connectivity index (χ1v) is 8.29. The Morgan fingerprint density at radius 3 is 2.84 bits per heavy atom. The molecule has 1 heterocycles. The molecule has 1 aliphatic heterocycles. The van der Waals surface area contributed by atoms with Crippen molar-refractivity contribution in [2.75, 3.05) is 46.9 Å². The summed E-state index contributed by atoms with van der Waals surface area (Å²) in [5.41, 5.74) is 0. The molecule has 0 aromatic heterocycles. The van der Waals surface area contributed by atoms with Crippen molar-refractivity contribution < 1.29 is 13.5 Å². The van der Waals surface area contributed by atoms with Crippen LogP contribution in [-0.2, 0) is 0 Å². The van der Waals surface area contributed by atoms with Crippen molar-refractivity contribution in [2.45, 2.75) is 12.8 Å². The third-order valence-electron chi connectivity index (χ3n) is 4.05. The quantitative estimate of drug-likeness (QED) is 0.292. The van der Waals surface area contributed by atoms with E-state index < -0.39 is 11.6 Å². The smallest absolute Gasteiger partial charge is 0.191 e. The van der Waals surface area contributed by atoms with Crippen molar-refractivity contribution in [3.05, 3.63) is 29.8 Å². The number of ether oxygens (including phenoxy) is 1. The van der Waals surface area contributed by atoms with Gasteiger partial charge < -0.3 is 20.3 Å². The van der Waals surface area contributed by atoms with E-state index >= 15 is 0 Å². The van der Waals surface area contributed by atoms with Gasteiger partial charge in [-0.15, -0.1) is 24.0 Å². The monoisotopic (exact) mass is 468 g/mol. The number of benzene rings is 1. The van der Waals surface area contributed by atoms with E-state index in [1.165, 1.54) is 31.5 Å². The minimum Gasteiger partial charge on any atom is -0.489 e. The van der Waals surface area contributed by atoms with Crippen molar-refractivity contribution in [1.82, 2.24) is 15.5 Å². The molecule has 1 fully saturated rings. The molecule has 2 rings (SSSR count). The number of likely N-dealkylation sites (tertiary alicyclic amines) is 1. The number of hydrogen-bond donors (Lipinski definition) is 2. The molecule has 1 aromatic rings. The van der Waals surface area contributed by atoms with E-state index in [0.29, 0.717) is 18.4 Å². The lowest BCUT2D eigenvalue weighted by Crippen LogP contribution is -2.44. The topological polar surface area (TPSA) is 48.9 Å². The van der Waals surface area contributed by atoms with Gasteiger partial charge in [0.15, 0.2) is 17.5 Å². The summed E-state index contributed by atoms with van der Waals surface area (Å²) in [6, 6.07) is 3.27. The van der Waals surface area contributed by atoms with E-state index in [2.05, 4.69) is 27.6 Å². The van der Waals surface area contributed by atoms with Crippen molar-refractivity contribution in [2.24, 2.45) is 10.9 Å². The standard InChI is InChI=1S/C17H26F2N4O.HI/c1-20-17(22-11-13-4-3-8-23(2)12-13)21-7-9-24-16-6-5-14(18)10-15(16)19;/h5-6,10,13H,3-4,7-9,11-12H2,1-2H3,(H2,20,21,22);1H. The lowest BCUT2D eigenvalue weighted by molar-refractivity contribution is 0.210. The second-order valence-electron chi connectivity index (χ2n) is 6.07. The summed E-state index contributed by atoms with van der Waals surface area (Å²) in [6.45, 7) is 3.87. The predicted octanol–water partition coefficient (Wildman–Crippen LogP) is 2.47. The van der Waals surface area contributed by atoms with E-state index in [4.69, 9.17) is 4.74 Å². The Labute approximate surface area is 165 Å². The van der Waals surface area contributed by atoms with Gasteiger partial charge in [0.2, 0.25) is 0 Å². The fourth-order valence-electron chi connectivity index (χ4n) is 2.82. The van der Waals surface area contributed by atoms with Crippen LogP contribution in [0.3, 0.4) is 0 Å². The molecule has 25 heavy (non-hydrogen) atoms. The zero-order chi connectivity index (χ0) is 17.4. The summed E-state index contributed by atoms with van der Waals surface area (Å²) < 4.78 is 31.6. The molecule has 5 nitrogen and oxygen atoms in total. The Kier molecular flexibility index (Phi) is 10.0. The molecule has 0 aliphatic carbocycles. The molecule has 1 unspecified atom stereocenters. The number of rotatable bonds is 6. The molecule has 2 N–H and O–H groups in total. The van der Waals surface area contributed by atoms with Crippen LogP contribution in [0.2, 0.25) is 0 Å². The number of halogens is 3. The average Bonchev–Trinajstić information content (AvgIpc) is 2.56. The van der Waals surface area contributed by atoms with Crippen LogP contribution in [0.4, 0.5) is 8.78 Å². The van der Waals surface area contributed by atoms with E-state index in [1.54, 1.807) is 7.05 Å². The normalized spacial score (nSPS) is 18.4. The second kappa shape index (κ2) is 11.5. The SMILES string of the molecule is CN=C(NCCOc1ccc(F)cc1F)NCC1CCCN(C)C1.I. The first-order chi connectivity index (χ1) is 11.6. The molecule has 1 aromatic carbocycles. The third kappa shape index (κ3) is 7.72. The van der Waals surface area contributed by atoms with E-state index in [-0.39, 0.29) is 36.3 Å². The highest BCUT2D eigenvalue weighted by Crippen LogP contribution is 2.17. The zero-order valence-corrected chi connectivity index (χ0v) is 17.1. The van der Waals surface area contributed by atoms with Gasteiger partial charge in [-0.05, 0) is 44.5 Å². The highest BCUT2D eigenvalue weighted by molar-refractivity contribution is 14.0. The molecule has 8 heteroatoms. The molecule has 0 saturated carbocycles. The molecular formula is C17H27F2IN4O. The van der Waals surface area contributed by atoms with Gasteiger partial charge in [-0.3, -0.25) is 4.99 Å². The summed E-state index contributed by atoms with van der Waals surface area (Å²) in [7, 11) is 3.86. The van der Waals surface area contributed by atoms with Crippen LogP contribution in [0.1, 0.15) is 12.8 Å². The maximum Gasteiger partial charge on any atom is 0.191 e. The zero-order valence-electron chi connectivity index (χ0n) is 14.7. The lowest BCUT2D eigenvalue weighted by atomic mass is 9.99. The van der Waals surface area contributed by atoms with Gasteiger partial charge in [0.25, 0.3) is 0 Å². The molecular weight excluding hydrogens is 441 g/mol. The number of piperidine rings is 1. The number of hydrogen-bond acceptors (Lipinski definition) is 3. The lowest BCUT2D eigenvalue weighted by Gasteiger charge is -2.30. The van der Waals surface area contributed by atoms with Crippen LogP contribution in [0.25, 0.3) is 0 Å². The average molecular weight is 468 g/mol. The molecule has 142 valence electrons. The van der Waals surface area contributed by atoms with E-state index in [1.807, 2.05) is 0 Å². The predicted molar refractivity (Wildman–Crippen MR) is 107 cm³/mol. The van der Waals surface area contributed by atoms with Crippen LogP contribution in [0, 0.1) is 17.6 Å². The maximum atomic E-state index is 13.4. The summed E-state index contributed by atoms with van der Waals surface area (Å²) >= 11 is 0. The van der Waals surface area contributed by atoms with Gasteiger partial charge in [-0.1, -0.05) is 0 Å². The highest BCUT2D eigenvalue weighted by atomic mass is 127. The third-order valence-corrected chi connectivity index (χ3v) is 4.05. The Morgan fingerprint density at radius 2 is 2.16 bits per heavy atom. The second-order valence-corrected chi connectivity index (χ2v) is 6.07. The van der Waals surface area contributed by atoms with E-state index in [9.17, 15) is 8.78 Å². The van der Waals surface area contributed by atoms with Crippen molar-refractivity contribution >= 4 is 29.9 Å². The van der Waals surface area contributed by atoms with E-state index in [0.717, 1.165) is 19.2 Å².